The van der Waals surface area contributed by atoms with Crippen molar-refractivity contribution in [3.8, 4) is 0 Å². The highest BCUT2D eigenvalue weighted by Gasteiger charge is 2.20. The van der Waals surface area contributed by atoms with Crippen LogP contribution in [0.1, 0.15) is 18.4 Å². The number of hydrogen-bond donors (Lipinski definition) is 1. The number of nitrogens with zero attached hydrogens (tertiary/aromatic N) is 1. The first-order valence-corrected chi connectivity index (χ1v) is 6.37. The van der Waals surface area contributed by atoms with E-state index >= 15 is 0 Å². The predicted octanol–water partition coefficient (Wildman–Crippen LogP) is 2.01. The summed E-state index contributed by atoms with van der Waals surface area (Å²) in [5.41, 5.74) is 7.97. The fraction of sp³-hybridized carbons (Fsp3) is 0.571. The van der Waals surface area contributed by atoms with Crippen molar-refractivity contribution in [1.82, 2.24) is 0 Å². The van der Waals surface area contributed by atoms with Crippen molar-refractivity contribution in [3.05, 3.63) is 29.8 Å². The Hall–Kier alpha value is -1.06. The molecule has 17 heavy (non-hydrogen) atoms. The second-order valence-electron chi connectivity index (χ2n) is 4.81. The lowest BCUT2D eigenvalue weighted by Gasteiger charge is -2.19. The van der Waals surface area contributed by atoms with Crippen LogP contribution in [0.4, 0.5) is 5.69 Å². The van der Waals surface area contributed by atoms with E-state index in [9.17, 15) is 0 Å². The van der Waals surface area contributed by atoms with Crippen molar-refractivity contribution >= 4 is 5.69 Å². The molecule has 2 N–H and O–H groups in total. The SMILES string of the molecule is CN(CCOCC1CC1)c1ccc(CN)cc1. The van der Waals surface area contributed by atoms with Crippen molar-refractivity contribution in [1.29, 1.82) is 0 Å². The fourth-order valence-electron chi connectivity index (χ4n) is 1.75. The Morgan fingerprint density at radius 1 is 1.29 bits per heavy atom. The van der Waals surface area contributed by atoms with Gasteiger partial charge in [-0.2, -0.15) is 0 Å². The van der Waals surface area contributed by atoms with E-state index in [0.717, 1.165) is 25.7 Å². The largest absolute Gasteiger partial charge is 0.379 e. The van der Waals surface area contributed by atoms with Crippen molar-refractivity contribution in [2.45, 2.75) is 19.4 Å². The molecule has 2 rings (SSSR count). The van der Waals surface area contributed by atoms with E-state index in [2.05, 4.69) is 36.2 Å². The lowest BCUT2D eigenvalue weighted by molar-refractivity contribution is 0.131. The molecule has 1 aromatic carbocycles. The smallest absolute Gasteiger partial charge is 0.0641 e. The van der Waals surface area contributed by atoms with Gasteiger partial charge >= 0.3 is 0 Å². The van der Waals surface area contributed by atoms with E-state index in [1.54, 1.807) is 0 Å². The summed E-state index contributed by atoms with van der Waals surface area (Å²) >= 11 is 0. The lowest BCUT2D eigenvalue weighted by atomic mass is 10.2. The summed E-state index contributed by atoms with van der Waals surface area (Å²) in [6, 6.07) is 8.39. The van der Waals surface area contributed by atoms with Crippen LogP contribution in [0, 0.1) is 5.92 Å². The zero-order valence-electron chi connectivity index (χ0n) is 10.6. The molecule has 0 saturated heterocycles. The molecule has 1 aliphatic rings. The highest BCUT2D eigenvalue weighted by Crippen LogP contribution is 2.28. The molecule has 94 valence electrons. The Morgan fingerprint density at radius 2 is 2.00 bits per heavy atom. The molecular formula is C14H22N2O. The van der Waals surface area contributed by atoms with E-state index in [1.165, 1.54) is 24.1 Å². The minimum atomic E-state index is 0.606. The molecule has 0 amide bonds. The number of nitrogens with two attached hydrogens (primary N) is 1. The third-order valence-corrected chi connectivity index (χ3v) is 3.23. The molecule has 1 saturated carbocycles. The number of rotatable bonds is 7. The van der Waals surface area contributed by atoms with Crippen LogP contribution < -0.4 is 10.6 Å². The highest BCUT2D eigenvalue weighted by atomic mass is 16.5. The maximum Gasteiger partial charge on any atom is 0.0641 e. The second kappa shape index (κ2) is 6.03. The monoisotopic (exact) mass is 234 g/mol. The molecule has 0 spiro atoms. The Balaban J connectivity index is 1.71. The van der Waals surface area contributed by atoms with Crippen LogP contribution in [-0.4, -0.2) is 26.8 Å². The molecule has 1 fully saturated rings. The Bertz CT molecular complexity index is 333. The Kier molecular flexibility index (Phi) is 4.40. The number of ether oxygens (including phenoxy) is 1. The number of likely N-dealkylation sites (N-methyl/N-ethyl adjacent to an activating group) is 1. The maximum absolute atomic E-state index is 5.63. The molecule has 0 unspecified atom stereocenters. The first-order chi connectivity index (χ1) is 8.29. The van der Waals surface area contributed by atoms with E-state index in [4.69, 9.17) is 10.5 Å². The number of anilines is 1. The van der Waals surface area contributed by atoms with Gasteiger partial charge in [0.1, 0.15) is 0 Å². The summed E-state index contributed by atoms with van der Waals surface area (Å²) in [5, 5.41) is 0. The zero-order valence-corrected chi connectivity index (χ0v) is 10.6. The molecule has 1 aliphatic carbocycles. The summed E-state index contributed by atoms with van der Waals surface area (Å²) in [4.78, 5) is 2.22. The van der Waals surface area contributed by atoms with E-state index in [1.807, 2.05) is 0 Å². The third-order valence-electron chi connectivity index (χ3n) is 3.23. The lowest BCUT2D eigenvalue weighted by Crippen LogP contribution is -2.22. The van der Waals surface area contributed by atoms with Crippen LogP contribution in [0.15, 0.2) is 24.3 Å². The molecule has 0 radical (unpaired) electrons. The molecule has 3 heteroatoms. The Labute approximate surface area is 104 Å². The van der Waals surface area contributed by atoms with Gasteiger partial charge in [-0.1, -0.05) is 12.1 Å². The van der Waals surface area contributed by atoms with Crippen LogP contribution in [0.3, 0.4) is 0 Å². The van der Waals surface area contributed by atoms with Crippen LogP contribution in [0.25, 0.3) is 0 Å². The molecule has 0 aromatic heterocycles. The summed E-state index contributed by atoms with van der Waals surface area (Å²) in [6.07, 6.45) is 2.72. The standard InChI is InChI=1S/C14H22N2O/c1-16(8-9-17-11-13-2-3-13)14-6-4-12(10-15)5-7-14/h4-7,13H,2-3,8-11,15H2,1H3. The van der Waals surface area contributed by atoms with Gasteiger partial charge in [-0.3, -0.25) is 0 Å². The highest BCUT2D eigenvalue weighted by molar-refractivity contribution is 5.46. The number of hydrogen-bond acceptors (Lipinski definition) is 3. The molecule has 0 aliphatic heterocycles. The van der Waals surface area contributed by atoms with Crippen LogP contribution in [0.5, 0.6) is 0 Å². The van der Waals surface area contributed by atoms with Gasteiger partial charge in [-0.25, -0.2) is 0 Å². The van der Waals surface area contributed by atoms with E-state index < -0.39 is 0 Å². The second-order valence-corrected chi connectivity index (χ2v) is 4.81. The predicted molar refractivity (Wildman–Crippen MR) is 71.1 cm³/mol. The van der Waals surface area contributed by atoms with Gasteiger partial charge < -0.3 is 15.4 Å². The fourth-order valence-corrected chi connectivity index (χ4v) is 1.75. The minimum Gasteiger partial charge on any atom is -0.379 e. The number of benzene rings is 1. The first kappa shape index (κ1) is 12.4. The van der Waals surface area contributed by atoms with Gasteiger partial charge in [-0.05, 0) is 36.5 Å². The zero-order chi connectivity index (χ0) is 12.1. The summed E-state index contributed by atoms with van der Waals surface area (Å²) in [7, 11) is 2.10. The van der Waals surface area contributed by atoms with Gasteiger partial charge in [0.15, 0.2) is 0 Å². The average Bonchev–Trinajstić information content (AvgIpc) is 3.18. The van der Waals surface area contributed by atoms with Gasteiger partial charge in [0.2, 0.25) is 0 Å². The van der Waals surface area contributed by atoms with Crippen LogP contribution in [-0.2, 0) is 11.3 Å². The molecule has 0 heterocycles. The molecule has 1 aromatic rings. The van der Waals surface area contributed by atoms with Crippen LogP contribution in [0.2, 0.25) is 0 Å². The molecule has 3 nitrogen and oxygen atoms in total. The minimum absolute atomic E-state index is 0.606. The molecular weight excluding hydrogens is 212 g/mol. The average molecular weight is 234 g/mol. The maximum atomic E-state index is 5.63. The molecule has 0 atom stereocenters. The van der Waals surface area contributed by atoms with Crippen LogP contribution >= 0.6 is 0 Å². The first-order valence-electron chi connectivity index (χ1n) is 6.37. The summed E-state index contributed by atoms with van der Waals surface area (Å²) < 4.78 is 5.63. The van der Waals surface area contributed by atoms with Gasteiger partial charge in [0.05, 0.1) is 6.61 Å². The van der Waals surface area contributed by atoms with Gasteiger partial charge in [0, 0.05) is 32.4 Å². The Morgan fingerprint density at radius 3 is 2.59 bits per heavy atom. The van der Waals surface area contributed by atoms with Crippen molar-refractivity contribution in [2.75, 3.05) is 31.7 Å². The summed E-state index contributed by atoms with van der Waals surface area (Å²) in [5.74, 6) is 0.851. The summed E-state index contributed by atoms with van der Waals surface area (Å²) in [6.45, 7) is 3.30. The van der Waals surface area contributed by atoms with Gasteiger partial charge in [-0.15, -0.1) is 0 Å². The van der Waals surface area contributed by atoms with E-state index in [-0.39, 0.29) is 0 Å². The van der Waals surface area contributed by atoms with Gasteiger partial charge in [0.25, 0.3) is 0 Å². The van der Waals surface area contributed by atoms with Crippen molar-refractivity contribution in [2.24, 2.45) is 11.7 Å². The normalized spacial score (nSPS) is 14.9. The van der Waals surface area contributed by atoms with E-state index in [0.29, 0.717) is 6.54 Å². The third kappa shape index (κ3) is 4.02. The molecule has 0 bridgehead atoms. The quantitative estimate of drug-likeness (QED) is 0.733. The van der Waals surface area contributed by atoms with Crippen molar-refractivity contribution in [3.63, 3.8) is 0 Å². The van der Waals surface area contributed by atoms with Crippen molar-refractivity contribution < 1.29 is 4.74 Å². The topological polar surface area (TPSA) is 38.5 Å².